The zero-order valence-electron chi connectivity index (χ0n) is 11.7. The van der Waals surface area contributed by atoms with E-state index < -0.39 is 0 Å². The number of rotatable bonds is 3. The van der Waals surface area contributed by atoms with E-state index in [0.29, 0.717) is 17.9 Å². The number of carbonyl (C=O) groups is 1. The fraction of sp³-hybridized carbons (Fsp3) is 0.533. The number of aliphatic hydroxyl groups is 1. The van der Waals surface area contributed by atoms with E-state index in [9.17, 15) is 4.79 Å². The number of amides is 1. The molecule has 1 saturated heterocycles. The zero-order valence-corrected chi connectivity index (χ0v) is 12.5. The van der Waals surface area contributed by atoms with E-state index in [1.54, 1.807) is 6.07 Å². The molecule has 5 heteroatoms. The fourth-order valence-electron chi connectivity index (χ4n) is 2.05. The molecule has 1 amide bonds. The Morgan fingerprint density at radius 2 is 2.45 bits per heavy atom. The minimum absolute atomic E-state index is 0.0234. The lowest BCUT2D eigenvalue weighted by molar-refractivity contribution is 0.0730. The Bertz CT molecular complexity index is 543. The number of thiophene rings is 1. The van der Waals surface area contributed by atoms with Crippen LogP contribution >= 0.6 is 11.3 Å². The zero-order chi connectivity index (χ0) is 14.6. The van der Waals surface area contributed by atoms with Crippen molar-refractivity contribution in [3.05, 3.63) is 21.9 Å². The predicted molar refractivity (Wildman–Crippen MR) is 78.8 cm³/mol. The molecule has 0 aromatic carbocycles. The lowest BCUT2D eigenvalue weighted by Gasteiger charge is -2.28. The van der Waals surface area contributed by atoms with E-state index in [0.717, 1.165) is 11.3 Å². The molecular weight excluding hydrogens is 274 g/mol. The summed E-state index contributed by atoms with van der Waals surface area (Å²) in [6.45, 7) is 4.73. The summed E-state index contributed by atoms with van der Waals surface area (Å²) in [5.41, 5.74) is -0.302. The van der Waals surface area contributed by atoms with Crippen LogP contribution in [0.4, 0.5) is 0 Å². The summed E-state index contributed by atoms with van der Waals surface area (Å²) in [6.07, 6.45) is 1.30. The molecule has 1 aliphatic heterocycles. The topological polar surface area (TPSA) is 58.6 Å². The predicted octanol–water partition coefficient (Wildman–Crippen LogP) is 1.78. The van der Waals surface area contributed by atoms with Crippen molar-refractivity contribution in [2.45, 2.75) is 38.3 Å². The first kappa shape index (κ1) is 15.0. The molecule has 1 fully saturated rings. The molecular formula is C15H19NO3S. The van der Waals surface area contributed by atoms with Crippen LogP contribution in [0.5, 0.6) is 0 Å². The van der Waals surface area contributed by atoms with Crippen molar-refractivity contribution < 1.29 is 14.6 Å². The van der Waals surface area contributed by atoms with E-state index in [1.807, 2.05) is 19.9 Å². The molecule has 2 rings (SSSR count). The average Bonchev–Trinajstić information content (AvgIpc) is 2.99. The Labute approximate surface area is 123 Å². The SMILES string of the molecule is CC1OCCC1(C)NC(=O)c1ccc(C#CCCO)s1. The molecule has 108 valence electrons. The third-order valence-electron chi connectivity index (χ3n) is 3.56. The number of carbonyl (C=O) groups excluding carboxylic acids is 1. The van der Waals surface area contributed by atoms with Gasteiger partial charge in [-0.05, 0) is 32.4 Å². The summed E-state index contributed by atoms with van der Waals surface area (Å²) in [5, 5.41) is 11.7. The van der Waals surface area contributed by atoms with Crippen molar-refractivity contribution >= 4 is 17.2 Å². The summed E-state index contributed by atoms with van der Waals surface area (Å²) < 4.78 is 5.52. The Morgan fingerprint density at radius 3 is 3.10 bits per heavy atom. The van der Waals surface area contributed by atoms with Crippen LogP contribution in [-0.2, 0) is 4.74 Å². The number of aliphatic hydroxyl groups excluding tert-OH is 1. The summed E-state index contributed by atoms with van der Waals surface area (Å²) in [6, 6.07) is 3.62. The quantitative estimate of drug-likeness (QED) is 0.835. The number of ether oxygens (including phenoxy) is 1. The lowest BCUT2D eigenvalue weighted by atomic mass is 9.94. The minimum atomic E-state index is -0.302. The van der Waals surface area contributed by atoms with Gasteiger partial charge in [-0.2, -0.15) is 0 Å². The Kier molecular flexibility index (Phi) is 4.81. The van der Waals surface area contributed by atoms with Gasteiger partial charge in [0.1, 0.15) is 0 Å². The molecule has 20 heavy (non-hydrogen) atoms. The molecule has 2 heterocycles. The van der Waals surface area contributed by atoms with Crippen LogP contribution in [0.15, 0.2) is 12.1 Å². The van der Waals surface area contributed by atoms with Gasteiger partial charge in [-0.1, -0.05) is 11.8 Å². The van der Waals surface area contributed by atoms with Crippen molar-refractivity contribution in [1.29, 1.82) is 0 Å². The summed E-state index contributed by atoms with van der Waals surface area (Å²) in [7, 11) is 0. The molecule has 1 aliphatic rings. The molecule has 2 N–H and O–H groups in total. The highest BCUT2D eigenvalue weighted by Gasteiger charge is 2.38. The van der Waals surface area contributed by atoms with E-state index in [2.05, 4.69) is 17.2 Å². The monoisotopic (exact) mass is 293 g/mol. The molecule has 0 aliphatic carbocycles. The van der Waals surface area contributed by atoms with Crippen molar-refractivity contribution in [3.8, 4) is 11.8 Å². The number of nitrogens with one attached hydrogen (secondary N) is 1. The maximum atomic E-state index is 12.3. The first-order valence-corrected chi connectivity index (χ1v) is 7.50. The van der Waals surface area contributed by atoms with Crippen LogP contribution in [0.1, 0.15) is 41.2 Å². The lowest BCUT2D eigenvalue weighted by Crippen LogP contribution is -2.50. The molecule has 2 unspecified atom stereocenters. The maximum absolute atomic E-state index is 12.3. The summed E-state index contributed by atoms with van der Waals surface area (Å²) >= 11 is 1.37. The highest BCUT2D eigenvalue weighted by Crippen LogP contribution is 2.26. The molecule has 0 saturated carbocycles. The van der Waals surface area contributed by atoms with Crippen molar-refractivity contribution in [3.63, 3.8) is 0 Å². The fourth-order valence-corrected chi connectivity index (χ4v) is 2.83. The van der Waals surface area contributed by atoms with Crippen LogP contribution in [0.2, 0.25) is 0 Å². The molecule has 1 aromatic heterocycles. The Hall–Kier alpha value is -1.35. The van der Waals surface area contributed by atoms with Crippen LogP contribution in [0, 0.1) is 11.8 Å². The van der Waals surface area contributed by atoms with Crippen LogP contribution in [0.25, 0.3) is 0 Å². The average molecular weight is 293 g/mol. The van der Waals surface area contributed by atoms with Gasteiger partial charge in [-0.15, -0.1) is 11.3 Å². The standard InChI is InChI=1S/C15H19NO3S/c1-11-15(2,8-10-19-11)16-14(18)13-7-6-12(20-13)5-3-4-9-17/h6-7,11,17H,4,8-10H2,1-2H3,(H,16,18). The van der Waals surface area contributed by atoms with Gasteiger partial charge in [0.05, 0.1) is 28.0 Å². The van der Waals surface area contributed by atoms with Crippen molar-refractivity contribution in [1.82, 2.24) is 5.32 Å². The number of hydrogen-bond acceptors (Lipinski definition) is 4. The van der Waals surface area contributed by atoms with Crippen molar-refractivity contribution in [2.75, 3.05) is 13.2 Å². The van der Waals surface area contributed by atoms with E-state index in [4.69, 9.17) is 9.84 Å². The van der Waals surface area contributed by atoms with Gasteiger partial charge < -0.3 is 15.2 Å². The van der Waals surface area contributed by atoms with E-state index in [1.165, 1.54) is 11.3 Å². The van der Waals surface area contributed by atoms with Gasteiger partial charge in [-0.25, -0.2) is 0 Å². The smallest absolute Gasteiger partial charge is 0.261 e. The molecule has 4 nitrogen and oxygen atoms in total. The molecule has 0 bridgehead atoms. The van der Waals surface area contributed by atoms with Gasteiger partial charge in [-0.3, -0.25) is 4.79 Å². The van der Waals surface area contributed by atoms with Gasteiger partial charge in [0.25, 0.3) is 5.91 Å². The molecule has 1 aromatic rings. The first-order valence-electron chi connectivity index (χ1n) is 6.69. The van der Waals surface area contributed by atoms with Gasteiger partial charge in [0, 0.05) is 13.0 Å². The van der Waals surface area contributed by atoms with Gasteiger partial charge in [0.2, 0.25) is 0 Å². The minimum Gasteiger partial charge on any atom is -0.395 e. The van der Waals surface area contributed by atoms with Crippen LogP contribution in [-0.4, -0.2) is 35.9 Å². The third-order valence-corrected chi connectivity index (χ3v) is 4.56. The maximum Gasteiger partial charge on any atom is 0.261 e. The van der Waals surface area contributed by atoms with Gasteiger partial charge >= 0.3 is 0 Å². The summed E-state index contributed by atoms with van der Waals surface area (Å²) in [4.78, 5) is 13.7. The molecule has 0 radical (unpaired) electrons. The second kappa shape index (κ2) is 6.40. The molecule has 0 spiro atoms. The Balaban J connectivity index is 2.02. The van der Waals surface area contributed by atoms with Crippen LogP contribution in [0.3, 0.4) is 0 Å². The first-order chi connectivity index (χ1) is 9.55. The second-order valence-electron chi connectivity index (χ2n) is 5.07. The van der Waals surface area contributed by atoms with Crippen LogP contribution < -0.4 is 5.32 Å². The van der Waals surface area contributed by atoms with Crippen molar-refractivity contribution in [2.24, 2.45) is 0 Å². The van der Waals surface area contributed by atoms with E-state index in [-0.39, 0.29) is 24.2 Å². The number of hydrogen-bond donors (Lipinski definition) is 2. The summed E-state index contributed by atoms with van der Waals surface area (Å²) in [5.74, 6) is 5.71. The highest BCUT2D eigenvalue weighted by molar-refractivity contribution is 7.14. The molecule has 2 atom stereocenters. The second-order valence-corrected chi connectivity index (χ2v) is 6.16. The normalized spacial score (nSPS) is 25.1. The van der Waals surface area contributed by atoms with E-state index >= 15 is 0 Å². The highest BCUT2D eigenvalue weighted by atomic mass is 32.1. The Morgan fingerprint density at radius 1 is 1.65 bits per heavy atom. The van der Waals surface area contributed by atoms with Gasteiger partial charge in [0.15, 0.2) is 0 Å². The largest absolute Gasteiger partial charge is 0.395 e. The third kappa shape index (κ3) is 3.40.